The van der Waals surface area contributed by atoms with Gasteiger partial charge in [-0.2, -0.15) is 5.26 Å². The fraction of sp³-hybridized carbons (Fsp3) is 0.320. The summed E-state index contributed by atoms with van der Waals surface area (Å²) in [7, 11) is 0. The van der Waals surface area contributed by atoms with Gasteiger partial charge in [0.15, 0.2) is 0 Å². The van der Waals surface area contributed by atoms with E-state index in [0.29, 0.717) is 6.04 Å². The molecule has 0 saturated heterocycles. The number of aromatic nitrogens is 1. The normalized spacial score (nSPS) is 21.8. The molecule has 1 aliphatic carbocycles. The largest absolute Gasteiger partial charge is 0.358 e. The maximum absolute atomic E-state index is 9.01. The van der Waals surface area contributed by atoms with Crippen molar-refractivity contribution in [2.45, 2.75) is 38.1 Å². The first-order chi connectivity index (χ1) is 13.8. The summed E-state index contributed by atoms with van der Waals surface area (Å²) in [6, 6.07) is 19.5. The van der Waals surface area contributed by atoms with E-state index < -0.39 is 0 Å². The van der Waals surface area contributed by atoms with Crippen molar-refractivity contribution >= 4 is 16.5 Å². The van der Waals surface area contributed by atoms with Gasteiger partial charge in [-0.3, -0.25) is 0 Å². The first-order valence-corrected chi connectivity index (χ1v) is 10.3. The third-order valence-corrected chi connectivity index (χ3v) is 6.42. The van der Waals surface area contributed by atoms with Crippen LogP contribution in [0, 0.1) is 17.2 Å². The maximum atomic E-state index is 9.01. The Morgan fingerprint density at radius 3 is 2.75 bits per heavy atom. The first kappa shape index (κ1) is 17.3. The molecule has 0 fully saturated rings. The summed E-state index contributed by atoms with van der Waals surface area (Å²) in [5.74, 6) is 0.740. The number of H-pyrrole nitrogens is 1. The van der Waals surface area contributed by atoms with E-state index in [0.717, 1.165) is 24.4 Å². The van der Waals surface area contributed by atoms with Crippen molar-refractivity contribution in [1.82, 2.24) is 10.3 Å². The van der Waals surface area contributed by atoms with Crippen LogP contribution in [0.25, 0.3) is 16.5 Å². The SMILES string of the molecule is N#Cc1ccc(C2=CCNC(CC3CCc4[nH]c5ccccc5c4C3)C2)cc1. The number of nitriles is 1. The van der Waals surface area contributed by atoms with Gasteiger partial charge in [0.05, 0.1) is 11.6 Å². The van der Waals surface area contributed by atoms with E-state index in [1.54, 1.807) is 5.56 Å². The Labute approximate surface area is 166 Å². The lowest BCUT2D eigenvalue weighted by molar-refractivity contribution is 0.356. The van der Waals surface area contributed by atoms with Crippen LogP contribution in [-0.2, 0) is 12.8 Å². The quantitative estimate of drug-likeness (QED) is 0.686. The molecule has 2 aromatic carbocycles. The van der Waals surface area contributed by atoms with Crippen LogP contribution in [0.3, 0.4) is 0 Å². The van der Waals surface area contributed by atoms with Crippen LogP contribution in [-0.4, -0.2) is 17.6 Å². The van der Waals surface area contributed by atoms with E-state index >= 15 is 0 Å². The highest BCUT2D eigenvalue weighted by atomic mass is 14.9. The van der Waals surface area contributed by atoms with Crippen molar-refractivity contribution in [3.8, 4) is 6.07 Å². The molecule has 2 N–H and O–H groups in total. The van der Waals surface area contributed by atoms with Crippen molar-refractivity contribution in [3.05, 3.63) is 77.0 Å². The highest BCUT2D eigenvalue weighted by Gasteiger charge is 2.26. The summed E-state index contributed by atoms with van der Waals surface area (Å²) in [5, 5.41) is 14.1. The molecule has 3 aromatic rings. The van der Waals surface area contributed by atoms with Crippen LogP contribution in [0.5, 0.6) is 0 Å². The van der Waals surface area contributed by atoms with Gasteiger partial charge in [-0.15, -0.1) is 0 Å². The van der Waals surface area contributed by atoms with Crippen molar-refractivity contribution in [1.29, 1.82) is 5.26 Å². The van der Waals surface area contributed by atoms with E-state index in [4.69, 9.17) is 5.26 Å². The van der Waals surface area contributed by atoms with Crippen molar-refractivity contribution in [3.63, 3.8) is 0 Å². The number of nitrogens with one attached hydrogen (secondary N) is 2. The summed E-state index contributed by atoms with van der Waals surface area (Å²) in [6.45, 7) is 0.936. The fourth-order valence-electron chi connectivity index (χ4n) is 4.98. The molecule has 2 aliphatic rings. The molecule has 0 amide bonds. The number of aromatic amines is 1. The van der Waals surface area contributed by atoms with Crippen LogP contribution in [0.4, 0.5) is 0 Å². The van der Waals surface area contributed by atoms with Crippen molar-refractivity contribution in [2.24, 2.45) is 5.92 Å². The molecule has 0 spiro atoms. The number of benzene rings is 2. The van der Waals surface area contributed by atoms with Gasteiger partial charge < -0.3 is 10.3 Å². The average Bonchev–Trinajstić information content (AvgIpc) is 3.12. The Balaban J connectivity index is 1.28. The van der Waals surface area contributed by atoms with E-state index in [2.05, 4.69) is 58.8 Å². The molecule has 1 aromatic heterocycles. The molecular weight excluding hydrogens is 342 g/mol. The zero-order chi connectivity index (χ0) is 18.9. The van der Waals surface area contributed by atoms with Crippen LogP contribution in [0.15, 0.2) is 54.6 Å². The number of hydrogen-bond acceptors (Lipinski definition) is 2. The molecule has 0 saturated carbocycles. The number of aryl methyl sites for hydroxylation is 1. The zero-order valence-electron chi connectivity index (χ0n) is 16.0. The van der Waals surface area contributed by atoms with E-state index in [1.165, 1.54) is 53.4 Å². The van der Waals surface area contributed by atoms with Gasteiger partial charge in [-0.05, 0) is 72.9 Å². The van der Waals surface area contributed by atoms with E-state index in [-0.39, 0.29) is 0 Å². The number of fused-ring (bicyclic) bond motifs is 3. The molecule has 0 radical (unpaired) electrons. The van der Waals surface area contributed by atoms with E-state index in [1.807, 2.05) is 12.1 Å². The number of nitrogens with zero attached hydrogens (tertiary/aromatic N) is 1. The number of para-hydroxylation sites is 1. The average molecular weight is 367 g/mol. The van der Waals surface area contributed by atoms with Gasteiger partial charge in [-0.1, -0.05) is 36.4 Å². The van der Waals surface area contributed by atoms with Gasteiger partial charge in [0.1, 0.15) is 0 Å². The zero-order valence-corrected chi connectivity index (χ0v) is 16.0. The van der Waals surface area contributed by atoms with Gasteiger partial charge in [0.2, 0.25) is 0 Å². The molecule has 1 aliphatic heterocycles. The standard InChI is InChI=1S/C25H25N3/c26-16-17-5-8-19(9-6-17)20-11-12-27-21(15-20)13-18-7-10-25-23(14-18)22-3-1-2-4-24(22)28-25/h1-6,8-9,11,18,21,27-28H,7,10,12-15H2. The van der Waals surface area contributed by atoms with Crippen molar-refractivity contribution < 1.29 is 0 Å². The molecular formula is C25H25N3. The molecule has 140 valence electrons. The summed E-state index contributed by atoms with van der Waals surface area (Å²) in [4.78, 5) is 3.63. The smallest absolute Gasteiger partial charge is 0.0991 e. The second-order valence-corrected chi connectivity index (χ2v) is 8.20. The second-order valence-electron chi connectivity index (χ2n) is 8.20. The molecule has 3 heteroatoms. The molecule has 2 atom stereocenters. The third-order valence-electron chi connectivity index (χ3n) is 6.42. The molecule has 2 unspecified atom stereocenters. The summed E-state index contributed by atoms with van der Waals surface area (Å²) < 4.78 is 0. The Kier molecular flexibility index (Phi) is 4.50. The molecule has 5 rings (SSSR count). The molecule has 3 nitrogen and oxygen atoms in total. The third kappa shape index (κ3) is 3.25. The maximum Gasteiger partial charge on any atom is 0.0991 e. The Morgan fingerprint density at radius 2 is 1.89 bits per heavy atom. The Morgan fingerprint density at radius 1 is 1.04 bits per heavy atom. The minimum atomic E-state index is 0.535. The molecule has 28 heavy (non-hydrogen) atoms. The summed E-state index contributed by atoms with van der Waals surface area (Å²) >= 11 is 0. The second kappa shape index (κ2) is 7.30. The highest BCUT2D eigenvalue weighted by Crippen LogP contribution is 2.35. The predicted molar refractivity (Wildman–Crippen MR) is 114 cm³/mol. The lowest BCUT2D eigenvalue weighted by Gasteiger charge is -2.30. The fourth-order valence-corrected chi connectivity index (χ4v) is 4.98. The minimum Gasteiger partial charge on any atom is -0.358 e. The number of rotatable bonds is 3. The highest BCUT2D eigenvalue weighted by molar-refractivity contribution is 5.84. The van der Waals surface area contributed by atoms with Gasteiger partial charge in [0, 0.05) is 29.2 Å². The van der Waals surface area contributed by atoms with Gasteiger partial charge >= 0.3 is 0 Å². The molecule has 0 bridgehead atoms. The Bertz CT molecular complexity index is 1070. The van der Waals surface area contributed by atoms with Crippen LogP contribution >= 0.6 is 0 Å². The van der Waals surface area contributed by atoms with Crippen LogP contribution < -0.4 is 5.32 Å². The topological polar surface area (TPSA) is 51.6 Å². The summed E-state index contributed by atoms with van der Waals surface area (Å²) in [5.41, 5.74) is 7.68. The monoisotopic (exact) mass is 367 g/mol. The lowest BCUT2D eigenvalue weighted by atomic mass is 9.80. The van der Waals surface area contributed by atoms with Crippen LogP contribution in [0.1, 0.15) is 41.6 Å². The van der Waals surface area contributed by atoms with Gasteiger partial charge in [0.25, 0.3) is 0 Å². The molecule has 2 heterocycles. The summed E-state index contributed by atoms with van der Waals surface area (Å²) in [6.07, 6.45) is 8.23. The number of hydrogen-bond donors (Lipinski definition) is 2. The van der Waals surface area contributed by atoms with E-state index in [9.17, 15) is 0 Å². The van der Waals surface area contributed by atoms with Gasteiger partial charge in [-0.25, -0.2) is 0 Å². The van der Waals surface area contributed by atoms with Crippen LogP contribution in [0.2, 0.25) is 0 Å². The lowest BCUT2D eigenvalue weighted by Crippen LogP contribution is -2.35. The predicted octanol–water partition coefficient (Wildman–Crippen LogP) is 4.98. The Hall–Kier alpha value is -2.83. The van der Waals surface area contributed by atoms with Crippen molar-refractivity contribution in [2.75, 3.05) is 6.54 Å². The minimum absolute atomic E-state index is 0.535. The first-order valence-electron chi connectivity index (χ1n) is 10.3.